The lowest BCUT2D eigenvalue weighted by molar-refractivity contribution is 0.0955. The molecule has 11 nitrogen and oxygen atoms in total. The van der Waals surface area contributed by atoms with Gasteiger partial charge in [0.2, 0.25) is 0 Å². The standard InChI is InChI=1S/C29H34N4O3.H2O4S/c1-3-5-19-35-27-15-7-23(8-16-27)21-30-32-26-13-11-25(12-14-26)29(34)33-31-22-24-9-17-28(18-10-24)36-20-6-4-2;1-5(2,3)4/h7-18,21-22,32H,3-6,19-20H2,1-2H3,(H,33,34);(H2,1,2,3,4). The van der Waals surface area contributed by atoms with Crippen LogP contribution in [0.4, 0.5) is 5.69 Å². The highest BCUT2D eigenvalue weighted by molar-refractivity contribution is 7.79. The van der Waals surface area contributed by atoms with Crippen LogP contribution < -0.4 is 20.3 Å². The Morgan fingerprint density at radius 3 is 1.63 bits per heavy atom. The normalized spacial score (nSPS) is 11.1. The first-order valence-corrected chi connectivity index (χ1v) is 14.5. The molecule has 220 valence electrons. The van der Waals surface area contributed by atoms with E-state index in [2.05, 4.69) is 34.9 Å². The number of nitrogens with one attached hydrogen (secondary N) is 2. The predicted octanol–water partition coefficient (Wildman–Crippen LogP) is 5.60. The van der Waals surface area contributed by atoms with Crippen molar-refractivity contribution in [2.45, 2.75) is 39.5 Å². The Bertz CT molecular complexity index is 1340. The molecular formula is C29H36N4O7S. The summed E-state index contributed by atoms with van der Waals surface area (Å²) in [5, 5.41) is 8.29. The van der Waals surface area contributed by atoms with Gasteiger partial charge in [-0.05, 0) is 96.8 Å². The first kappa shape index (κ1) is 32.9. The van der Waals surface area contributed by atoms with Gasteiger partial charge in [-0.15, -0.1) is 0 Å². The SMILES string of the molecule is CCCCOc1ccc(C=NNC(=O)c2ccc(NN=Cc3ccc(OCCCC)cc3)cc2)cc1.O=S(=O)(O)O. The van der Waals surface area contributed by atoms with E-state index in [1.54, 1.807) is 36.7 Å². The molecule has 0 aliphatic carbocycles. The van der Waals surface area contributed by atoms with Gasteiger partial charge in [-0.3, -0.25) is 19.3 Å². The van der Waals surface area contributed by atoms with E-state index in [0.717, 1.165) is 60.6 Å². The molecule has 3 aromatic carbocycles. The first-order chi connectivity index (χ1) is 19.7. The van der Waals surface area contributed by atoms with E-state index in [0.29, 0.717) is 12.2 Å². The largest absolute Gasteiger partial charge is 0.494 e. The van der Waals surface area contributed by atoms with Gasteiger partial charge in [-0.2, -0.15) is 18.6 Å². The molecule has 0 spiro atoms. The second kappa shape index (κ2) is 18.2. The zero-order chi connectivity index (χ0) is 29.9. The van der Waals surface area contributed by atoms with Gasteiger partial charge in [0.1, 0.15) is 11.5 Å². The fourth-order valence-corrected chi connectivity index (χ4v) is 3.08. The van der Waals surface area contributed by atoms with E-state index >= 15 is 0 Å². The summed E-state index contributed by atoms with van der Waals surface area (Å²) in [4.78, 5) is 12.4. The highest BCUT2D eigenvalue weighted by atomic mass is 32.3. The van der Waals surface area contributed by atoms with Crippen molar-refractivity contribution in [2.24, 2.45) is 10.2 Å². The fraction of sp³-hybridized carbons (Fsp3) is 0.276. The Labute approximate surface area is 240 Å². The molecule has 3 rings (SSSR count). The number of rotatable bonds is 14. The van der Waals surface area contributed by atoms with Crippen LogP contribution in [-0.4, -0.2) is 49.1 Å². The highest BCUT2D eigenvalue weighted by Crippen LogP contribution is 2.13. The Morgan fingerprint density at radius 1 is 0.756 bits per heavy atom. The Hall–Kier alpha value is -4.26. The summed E-state index contributed by atoms with van der Waals surface area (Å²) in [6, 6.07) is 22.4. The van der Waals surface area contributed by atoms with Crippen LogP contribution in [0.25, 0.3) is 0 Å². The van der Waals surface area contributed by atoms with Crippen LogP contribution in [0, 0.1) is 0 Å². The molecule has 12 heteroatoms. The lowest BCUT2D eigenvalue weighted by Gasteiger charge is -2.05. The van der Waals surface area contributed by atoms with Gasteiger partial charge in [0.15, 0.2) is 0 Å². The molecule has 4 N–H and O–H groups in total. The van der Waals surface area contributed by atoms with Crippen molar-refractivity contribution < 1.29 is 31.8 Å². The summed E-state index contributed by atoms with van der Waals surface area (Å²) in [6.45, 7) is 5.71. The smallest absolute Gasteiger partial charge is 0.394 e. The molecule has 0 bridgehead atoms. The third kappa shape index (κ3) is 15.2. The van der Waals surface area contributed by atoms with Gasteiger partial charge >= 0.3 is 10.4 Å². The molecule has 0 saturated carbocycles. The average molecular weight is 585 g/mol. The number of ether oxygens (including phenoxy) is 2. The minimum Gasteiger partial charge on any atom is -0.494 e. The number of hydrogen-bond acceptors (Lipinski definition) is 8. The van der Waals surface area contributed by atoms with Crippen LogP contribution in [0.2, 0.25) is 0 Å². The molecule has 0 aliphatic rings. The summed E-state index contributed by atoms with van der Waals surface area (Å²) in [5.41, 5.74) is 8.61. The van der Waals surface area contributed by atoms with E-state index in [1.807, 2.05) is 48.5 Å². The molecule has 1 amide bonds. The van der Waals surface area contributed by atoms with Crippen molar-refractivity contribution in [3.05, 3.63) is 89.5 Å². The topological polar surface area (TPSA) is 159 Å². The van der Waals surface area contributed by atoms with Crippen molar-refractivity contribution in [2.75, 3.05) is 18.6 Å². The molecule has 0 saturated heterocycles. The molecule has 0 aliphatic heterocycles. The minimum absolute atomic E-state index is 0.290. The fourth-order valence-electron chi connectivity index (χ4n) is 3.08. The van der Waals surface area contributed by atoms with Gasteiger partial charge in [0.05, 0.1) is 31.3 Å². The van der Waals surface area contributed by atoms with E-state index < -0.39 is 10.4 Å². The van der Waals surface area contributed by atoms with Crippen molar-refractivity contribution in [3.63, 3.8) is 0 Å². The Kier molecular flexibility index (Phi) is 14.6. The summed E-state index contributed by atoms with van der Waals surface area (Å²) in [7, 11) is -4.67. The van der Waals surface area contributed by atoms with Gasteiger partial charge in [-0.1, -0.05) is 26.7 Å². The second-order valence-electron chi connectivity index (χ2n) is 8.64. The number of nitrogens with zero attached hydrogens (tertiary/aromatic N) is 2. The lowest BCUT2D eigenvalue weighted by atomic mass is 10.2. The molecule has 0 fully saturated rings. The first-order valence-electron chi connectivity index (χ1n) is 13.1. The number of carbonyl (C=O) groups is 1. The number of anilines is 1. The maximum atomic E-state index is 12.4. The third-order valence-electron chi connectivity index (χ3n) is 5.23. The van der Waals surface area contributed by atoms with Crippen molar-refractivity contribution in [1.29, 1.82) is 0 Å². The number of benzene rings is 3. The number of hydrazone groups is 2. The number of amides is 1. The van der Waals surface area contributed by atoms with Crippen LogP contribution in [0.3, 0.4) is 0 Å². The Morgan fingerprint density at radius 2 is 1.20 bits per heavy atom. The summed E-state index contributed by atoms with van der Waals surface area (Å²) < 4.78 is 42.9. The quantitative estimate of drug-likeness (QED) is 0.0824. The molecule has 0 radical (unpaired) electrons. The van der Waals surface area contributed by atoms with Crippen LogP contribution >= 0.6 is 0 Å². The van der Waals surface area contributed by atoms with E-state index in [9.17, 15) is 4.79 Å². The summed E-state index contributed by atoms with van der Waals surface area (Å²) in [5.74, 6) is 1.40. The number of carbonyl (C=O) groups excluding carboxylic acids is 1. The monoisotopic (exact) mass is 584 g/mol. The zero-order valence-electron chi connectivity index (χ0n) is 23.1. The van der Waals surface area contributed by atoms with Crippen LogP contribution in [0.15, 0.2) is 83.0 Å². The molecule has 0 heterocycles. The maximum Gasteiger partial charge on any atom is 0.394 e. The van der Waals surface area contributed by atoms with E-state index in [-0.39, 0.29) is 5.91 Å². The van der Waals surface area contributed by atoms with E-state index in [4.69, 9.17) is 27.0 Å². The van der Waals surface area contributed by atoms with Gasteiger partial charge in [0, 0.05) is 5.56 Å². The highest BCUT2D eigenvalue weighted by Gasteiger charge is 2.04. The zero-order valence-corrected chi connectivity index (χ0v) is 23.9. The van der Waals surface area contributed by atoms with Crippen LogP contribution in [0.1, 0.15) is 61.0 Å². The average Bonchev–Trinajstić information content (AvgIpc) is 2.94. The third-order valence-corrected chi connectivity index (χ3v) is 5.23. The van der Waals surface area contributed by atoms with E-state index in [1.165, 1.54) is 0 Å². The van der Waals surface area contributed by atoms with Crippen molar-refractivity contribution >= 4 is 34.4 Å². The van der Waals surface area contributed by atoms with Gasteiger partial charge in [-0.25, -0.2) is 5.43 Å². The molecule has 0 atom stereocenters. The van der Waals surface area contributed by atoms with Gasteiger partial charge in [0.25, 0.3) is 5.91 Å². The summed E-state index contributed by atoms with van der Waals surface area (Å²) >= 11 is 0. The van der Waals surface area contributed by atoms with Gasteiger partial charge < -0.3 is 9.47 Å². The maximum absolute atomic E-state index is 12.4. The van der Waals surface area contributed by atoms with Crippen LogP contribution in [0.5, 0.6) is 11.5 Å². The van der Waals surface area contributed by atoms with Crippen molar-refractivity contribution in [1.82, 2.24) is 5.43 Å². The summed E-state index contributed by atoms with van der Waals surface area (Å²) in [6.07, 6.45) is 7.62. The molecule has 0 unspecified atom stereocenters. The number of hydrogen-bond donors (Lipinski definition) is 4. The Balaban J connectivity index is 0.00000108. The lowest BCUT2D eigenvalue weighted by Crippen LogP contribution is -2.17. The second-order valence-corrected chi connectivity index (χ2v) is 9.53. The molecular weight excluding hydrogens is 548 g/mol. The van der Waals surface area contributed by atoms with Crippen molar-refractivity contribution in [3.8, 4) is 11.5 Å². The molecule has 3 aromatic rings. The number of unbranched alkanes of at least 4 members (excludes halogenated alkanes) is 2. The van der Waals surface area contributed by atoms with Crippen LogP contribution in [-0.2, 0) is 10.4 Å². The minimum atomic E-state index is -4.67. The molecule has 41 heavy (non-hydrogen) atoms. The molecule has 0 aromatic heterocycles. The predicted molar refractivity (Wildman–Crippen MR) is 161 cm³/mol.